The number of carbonyl (C=O) groups is 2. The van der Waals surface area contributed by atoms with Gasteiger partial charge in [-0.15, -0.1) is 0 Å². The minimum absolute atomic E-state index is 0.0680. The first kappa shape index (κ1) is 11.7. The van der Waals surface area contributed by atoms with Gasteiger partial charge in [-0.3, -0.25) is 4.79 Å². The molecule has 0 aliphatic heterocycles. The Balaban J connectivity index is 1.80. The number of nitrogens with zero attached hydrogens (tertiary/aromatic N) is 2. The van der Waals surface area contributed by atoms with Gasteiger partial charge in [0.1, 0.15) is 11.7 Å². The Hall–Kier alpha value is -2.37. The number of hydrogen-bond acceptors (Lipinski definition) is 3. The molecule has 19 heavy (non-hydrogen) atoms. The highest BCUT2D eigenvalue weighted by atomic mass is 16.4. The maximum atomic E-state index is 12.0. The van der Waals surface area contributed by atoms with E-state index in [1.807, 2.05) is 0 Å². The van der Waals surface area contributed by atoms with Crippen LogP contribution in [0, 0.1) is 5.92 Å². The number of imidazole rings is 1. The minimum atomic E-state index is -0.973. The molecule has 1 atom stereocenters. The van der Waals surface area contributed by atoms with Gasteiger partial charge in [-0.25, -0.2) is 9.78 Å². The molecule has 1 amide bonds. The highest BCUT2D eigenvalue weighted by Gasteiger charge is 2.37. The molecule has 1 aliphatic carbocycles. The number of aromatic nitrogens is 2. The highest BCUT2D eigenvalue weighted by molar-refractivity contribution is 5.96. The highest BCUT2D eigenvalue weighted by Crippen LogP contribution is 2.32. The molecule has 1 aliphatic rings. The Labute approximate surface area is 109 Å². The van der Waals surface area contributed by atoms with Crippen molar-refractivity contribution in [2.24, 2.45) is 5.92 Å². The van der Waals surface area contributed by atoms with Crippen molar-refractivity contribution in [1.82, 2.24) is 14.7 Å². The van der Waals surface area contributed by atoms with E-state index in [1.54, 1.807) is 35.1 Å². The lowest BCUT2D eigenvalue weighted by Gasteiger charge is -2.13. The summed E-state index contributed by atoms with van der Waals surface area (Å²) >= 11 is 0. The van der Waals surface area contributed by atoms with Gasteiger partial charge in [0.15, 0.2) is 0 Å². The molecule has 98 valence electrons. The molecular weight excluding hydrogens is 246 g/mol. The van der Waals surface area contributed by atoms with Crippen molar-refractivity contribution in [2.45, 2.75) is 18.9 Å². The Morgan fingerprint density at radius 1 is 1.42 bits per heavy atom. The first-order valence-electron chi connectivity index (χ1n) is 6.11. The molecule has 0 radical (unpaired) electrons. The lowest BCUT2D eigenvalue weighted by atomic mass is 10.1. The van der Waals surface area contributed by atoms with E-state index in [-0.39, 0.29) is 11.8 Å². The summed E-state index contributed by atoms with van der Waals surface area (Å²) in [6.45, 7) is 0. The Morgan fingerprint density at radius 2 is 2.21 bits per heavy atom. The number of carbonyl (C=O) groups excluding carboxylic acids is 1. The summed E-state index contributed by atoms with van der Waals surface area (Å²) in [5.74, 6) is -1.27. The first-order chi connectivity index (χ1) is 9.15. The van der Waals surface area contributed by atoms with Gasteiger partial charge in [0.2, 0.25) is 0 Å². The van der Waals surface area contributed by atoms with Crippen LogP contribution in [-0.4, -0.2) is 32.4 Å². The molecule has 3 rings (SSSR count). The number of carboxylic acids is 1. The zero-order valence-corrected chi connectivity index (χ0v) is 10.1. The van der Waals surface area contributed by atoms with Crippen LogP contribution in [0.5, 0.6) is 0 Å². The fourth-order valence-corrected chi connectivity index (χ4v) is 2.09. The molecule has 0 spiro atoms. The quantitative estimate of drug-likeness (QED) is 0.855. The van der Waals surface area contributed by atoms with Crippen LogP contribution in [0.2, 0.25) is 0 Å². The molecule has 6 nitrogen and oxygen atoms in total. The molecule has 2 aromatic rings. The molecule has 0 aromatic carbocycles. The lowest BCUT2D eigenvalue weighted by Crippen LogP contribution is -2.42. The van der Waals surface area contributed by atoms with Crippen LogP contribution in [0.25, 0.3) is 5.65 Å². The number of rotatable bonds is 4. The van der Waals surface area contributed by atoms with Gasteiger partial charge in [0.25, 0.3) is 5.91 Å². The van der Waals surface area contributed by atoms with Crippen LogP contribution >= 0.6 is 0 Å². The van der Waals surface area contributed by atoms with Crippen molar-refractivity contribution in [2.75, 3.05) is 0 Å². The van der Waals surface area contributed by atoms with Gasteiger partial charge in [0, 0.05) is 18.6 Å². The zero-order chi connectivity index (χ0) is 13.4. The average Bonchev–Trinajstić information content (AvgIpc) is 3.11. The van der Waals surface area contributed by atoms with Gasteiger partial charge in [-0.1, -0.05) is 0 Å². The predicted molar refractivity (Wildman–Crippen MR) is 66.8 cm³/mol. The molecule has 6 heteroatoms. The fourth-order valence-electron chi connectivity index (χ4n) is 2.09. The predicted octanol–water partition coefficient (Wildman–Crippen LogP) is 0.927. The first-order valence-corrected chi connectivity index (χ1v) is 6.11. The van der Waals surface area contributed by atoms with Gasteiger partial charge >= 0.3 is 5.97 Å². The van der Waals surface area contributed by atoms with Crippen LogP contribution in [0.15, 0.2) is 30.7 Å². The van der Waals surface area contributed by atoms with Crippen molar-refractivity contribution < 1.29 is 14.7 Å². The molecule has 0 saturated heterocycles. The number of hydrogen-bond donors (Lipinski definition) is 2. The SMILES string of the molecule is O=C(NC(C(=O)O)C1CC1)c1ccc2nccn2c1. The van der Waals surface area contributed by atoms with Crippen molar-refractivity contribution in [1.29, 1.82) is 0 Å². The normalized spacial score (nSPS) is 16.2. The van der Waals surface area contributed by atoms with Crippen molar-refractivity contribution in [3.05, 3.63) is 36.3 Å². The van der Waals surface area contributed by atoms with Gasteiger partial charge in [0.05, 0.1) is 5.56 Å². The van der Waals surface area contributed by atoms with Crippen LogP contribution in [0.4, 0.5) is 0 Å². The van der Waals surface area contributed by atoms with E-state index in [1.165, 1.54) is 0 Å². The van der Waals surface area contributed by atoms with Gasteiger partial charge in [-0.2, -0.15) is 0 Å². The third-order valence-electron chi connectivity index (χ3n) is 3.30. The summed E-state index contributed by atoms with van der Waals surface area (Å²) in [6.07, 6.45) is 6.74. The second-order valence-electron chi connectivity index (χ2n) is 4.74. The Morgan fingerprint density at radius 3 is 2.89 bits per heavy atom. The van der Waals surface area contributed by atoms with E-state index < -0.39 is 12.0 Å². The zero-order valence-electron chi connectivity index (χ0n) is 10.1. The molecule has 1 unspecified atom stereocenters. The van der Waals surface area contributed by atoms with Crippen molar-refractivity contribution in [3.8, 4) is 0 Å². The second-order valence-corrected chi connectivity index (χ2v) is 4.74. The molecule has 2 aromatic heterocycles. The average molecular weight is 259 g/mol. The van der Waals surface area contributed by atoms with Gasteiger partial charge < -0.3 is 14.8 Å². The summed E-state index contributed by atoms with van der Waals surface area (Å²) in [7, 11) is 0. The molecular formula is C13H13N3O3. The number of amides is 1. The third kappa shape index (κ3) is 2.29. The number of carboxylic acid groups (broad SMARTS) is 1. The molecule has 1 saturated carbocycles. The fraction of sp³-hybridized carbons (Fsp3) is 0.308. The number of nitrogens with one attached hydrogen (secondary N) is 1. The molecule has 0 bridgehead atoms. The minimum Gasteiger partial charge on any atom is -0.480 e. The van der Waals surface area contributed by atoms with Crippen molar-refractivity contribution in [3.63, 3.8) is 0 Å². The van der Waals surface area contributed by atoms with E-state index >= 15 is 0 Å². The maximum Gasteiger partial charge on any atom is 0.326 e. The van der Waals surface area contributed by atoms with Crippen molar-refractivity contribution >= 4 is 17.5 Å². The number of pyridine rings is 1. The summed E-state index contributed by atoms with van der Waals surface area (Å²) in [4.78, 5) is 27.2. The summed E-state index contributed by atoms with van der Waals surface area (Å²) in [6, 6.07) is 2.58. The van der Waals surface area contributed by atoms with E-state index in [9.17, 15) is 9.59 Å². The lowest BCUT2D eigenvalue weighted by molar-refractivity contribution is -0.139. The van der Waals surface area contributed by atoms with Crippen LogP contribution in [-0.2, 0) is 4.79 Å². The van der Waals surface area contributed by atoms with Crippen LogP contribution in [0.3, 0.4) is 0 Å². The summed E-state index contributed by atoms with van der Waals surface area (Å²) in [5.41, 5.74) is 1.17. The van der Waals surface area contributed by atoms with E-state index in [2.05, 4.69) is 10.3 Å². The van der Waals surface area contributed by atoms with Crippen LogP contribution < -0.4 is 5.32 Å². The smallest absolute Gasteiger partial charge is 0.326 e. The summed E-state index contributed by atoms with van der Waals surface area (Å²) in [5, 5.41) is 11.7. The largest absolute Gasteiger partial charge is 0.480 e. The monoisotopic (exact) mass is 259 g/mol. The Bertz CT molecular complexity index is 645. The maximum absolute atomic E-state index is 12.0. The molecule has 1 fully saturated rings. The van der Waals surface area contributed by atoms with E-state index in [0.717, 1.165) is 18.5 Å². The standard InChI is InChI=1S/C13H13N3O3/c17-12(15-11(13(18)19)8-1-2-8)9-3-4-10-14-5-6-16(10)7-9/h3-8,11H,1-2H2,(H,15,17)(H,18,19). The topological polar surface area (TPSA) is 83.7 Å². The van der Waals surface area contributed by atoms with Crippen LogP contribution in [0.1, 0.15) is 23.2 Å². The number of fused-ring (bicyclic) bond motifs is 1. The second kappa shape index (κ2) is 4.38. The number of aliphatic carboxylic acids is 1. The molecule has 2 N–H and O–H groups in total. The van der Waals surface area contributed by atoms with E-state index in [0.29, 0.717) is 5.56 Å². The third-order valence-corrected chi connectivity index (χ3v) is 3.30. The molecule has 2 heterocycles. The van der Waals surface area contributed by atoms with Gasteiger partial charge in [-0.05, 0) is 30.9 Å². The Kier molecular flexibility index (Phi) is 2.70. The van der Waals surface area contributed by atoms with E-state index in [4.69, 9.17) is 5.11 Å². The summed E-state index contributed by atoms with van der Waals surface area (Å²) < 4.78 is 1.72.